The summed E-state index contributed by atoms with van der Waals surface area (Å²) in [4.78, 5) is 0. The molecule has 2 heteroatoms. The van der Waals surface area contributed by atoms with Crippen LogP contribution in [-0.4, -0.2) is 19.5 Å². The van der Waals surface area contributed by atoms with Crippen molar-refractivity contribution < 1.29 is 9.47 Å². The fourth-order valence-electron chi connectivity index (χ4n) is 1.35. The van der Waals surface area contributed by atoms with E-state index < -0.39 is 0 Å². The van der Waals surface area contributed by atoms with Crippen LogP contribution < -0.4 is 0 Å². The van der Waals surface area contributed by atoms with Gasteiger partial charge in [-0.3, -0.25) is 0 Å². The monoisotopic (exact) mass is 154 g/mol. The first-order valence-corrected chi connectivity index (χ1v) is 4.36. The molecule has 0 atom stereocenters. The first kappa shape index (κ1) is 7.32. The van der Waals surface area contributed by atoms with Crippen LogP contribution >= 0.6 is 0 Å². The zero-order chi connectivity index (χ0) is 7.52. The molecule has 0 aromatic heterocycles. The summed E-state index contributed by atoms with van der Waals surface area (Å²) in [5, 5.41) is 0. The second-order valence-electron chi connectivity index (χ2n) is 3.13. The summed E-state index contributed by atoms with van der Waals surface area (Å²) < 4.78 is 10.6. The third kappa shape index (κ3) is 2.31. The molecule has 0 radical (unpaired) electrons. The van der Waals surface area contributed by atoms with Crippen LogP contribution in [-0.2, 0) is 9.47 Å². The SMILES string of the molecule is C1=C(CCCC2OCCO2)C1. The van der Waals surface area contributed by atoms with Crippen molar-refractivity contribution in [3.8, 4) is 0 Å². The lowest BCUT2D eigenvalue weighted by atomic mass is 10.2. The Balaban J connectivity index is 1.54. The van der Waals surface area contributed by atoms with Gasteiger partial charge in [0.05, 0.1) is 13.2 Å². The van der Waals surface area contributed by atoms with E-state index in [1.165, 1.54) is 19.3 Å². The number of hydrogen-bond donors (Lipinski definition) is 0. The van der Waals surface area contributed by atoms with Gasteiger partial charge in [0, 0.05) is 0 Å². The van der Waals surface area contributed by atoms with Gasteiger partial charge in [0.25, 0.3) is 0 Å². The van der Waals surface area contributed by atoms with Gasteiger partial charge in [-0.05, 0) is 25.7 Å². The highest BCUT2D eigenvalue weighted by Crippen LogP contribution is 2.25. The summed E-state index contributed by atoms with van der Waals surface area (Å²) in [5.74, 6) is 0. The van der Waals surface area contributed by atoms with Gasteiger partial charge in [-0.25, -0.2) is 0 Å². The Labute approximate surface area is 67.2 Å². The molecule has 0 N–H and O–H groups in total. The standard InChI is InChI=1S/C9H14O2/c1(2-8-4-5-8)3-9-10-6-7-11-9/h4,9H,1-3,5-7H2. The van der Waals surface area contributed by atoms with Crippen LogP contribution in [0.15, 0.2) is 11.6 Å². The largest absolute Gasteiger partial charge is 0.350 e. The van der Waals surface area contributed by atoms with Crippen molar-refractivity contribution >= 4 is 0 Å². The minimum absolute atomic E-state index is 0.106. The molecule has 0 aromatic rings. The van der Waals surface area contributed by atoms with Gasteiger partial charge >= 0.3 is 0 Å². The normalized spacial score (nSPS) is 23.8. The van der Waals surface area contributed by atoms with Crippen LogP contribution in [0.4, 0.5) is 0 Å². The molecular weight excluding hydrogens is 140 g/mol. The molecule has 1 saturated heterocycles. The van der Waals surface area contributed by atoms with Gasteiger partial charge in [0.15, 0.2) is 6.29 Å². The maximum absolute atomic E-state index is 5.31. The Morgan fingerprint density at radius 3 is 2.73 bits per heavy atom. The average molecular weight is 154 g/mol. The van der Waals surface area contributed by atoms with E-state index in [9.17, 15) is 0 Å². The molecule has 2 rings (SSSR count). The van der Waals surface area contributed by atoms with Crippen LogP contribution in [0.1, 0.15) is 25.7 Å². The lowest BCUT2D eigenvalue weighted by Crippen LogP contribution is -2.06. The molecule has 0 aromatic carbocycles. The first-order valence-electron chi connectivity index (χ1n) is 4.36. The smallest absolute Gasteiger partial charge is 0.157 e. The van der Waals surface area contributed by atoms with Crippen molar-refractivity contribution in [3.63, 3.8) is 0 Å². The molecule has 0 bridgehead atoms. The van der Waals surface area contributed by atoms with E-state index >= 15 is 0 Å². The fraction of sp³-hybridized carbons (Fsp3) is 0.778. The molecule has 62 valence electrons. The third-order valence-corrected chi connectivity index (χ3v) is 2.12. The molecule has 0 spiro atoms. The maximum Gasteiger partial charge on any atom is 0.157 e. The van der Waals surface area contributed by atoms with Gasteiger partial charge in [0.1, 0.15) is 0 Å². The lowest BCUT2D eigenvalue weighted by Gasteiger charge is -2.06. The zero-order valence-electron chi connectivity index (χ0n) is 6.71. The summed E-state index contributed by atoms with van der Waals surface area (Å²) >= 11 is 0. The first-order chi connectivity index (χ1) is 5.45. The highest BCUT2D eigenvalue weighted by atomic mass is 16.7. The molecular formula is C9H14O2. The minimum Gasteiger partial charge on any atom is -0.350 e. The van der Waals surface area contributed by atoms with Crippen molar-refractivity contribution in [2.45, 2.75) is 32.0 Å². The molecule has 1 aliphatic carbocycles. The van der Waals surface area contributed by atoms with Gasteiger partial charge in [-0.15, -0.1) is 0 Å². The average Bonchev–Trinajstić information content (AvgIpc) is 2.66. The van der Waals surface area contributed by atoms with Crippen molar-refractivity contribution in [1.29, 1.82) is 0 Å². The summed E-state index contributed by atoms with van der Waals surface area (Å²) in [5.41, 5.74) is 1.61. The van der Waals surface area contributed by atoms with Crippen LogP contribution in [0, 0.1) is 0 Å². The number of hydrogen-bond acceptors (Lipinski definition) is 2. The molecule has 2 nitrogen and oxygen atoms in total. The minimum atomic E-state index is 0.106. The number of ether oxygens (including phenoxy) is 2. The second-order valence-corrected chi connectivity index (χ2v) is 3.13. The Bertz CT molecular complexity index is 157. The highest BCUT2D eigenvalue weighted by molar-refractivity contribution is 5.21. The van der Waals surface area contributed by atoms with E-state index in [1.54, 1.807) is 5.57 Å². The van der Waals surface area contributed by atoms with Crippen LogP contribution in [0.3, 0.4) is 0 Å². The molecule has 0 unspecified atom stereocenters. The molecule has 2 aliphatic rings. The van der Waals surface area contributed by atoms with Gasteiger partial charge in [-0.1, -0.05) is 11.6 Å². The molecule has 0 amide bonds. The summed E-state index contributed by atoms with van der Waals surface area (Å²) in [6.45, 7) is 1.57. The number of allylic oxidation sites excluding steroid dienone is 2. The van der Waals surface area contributed by atoms with E-state index in [-0.39, 0.29) is 6.29 Å². The van der Waals surface area contributed by atoms with Crippen molar-refractivity contribution in [2.75, 3.05) is 13.2 Å². The number of rotatable bonds is 4. The van der Waals surface area contributed by atoms with Gasteiger partial charge in [-0.2, -0.15) is 0 Å². The zero-order valence-corrected chi connectivity index (χ0v) is 6.71. The quantitative estimate of drug-likeness (QED) is 0.575. The predicted molar refractivity (Wildman–Crippen MR) is 42.2 cm³/mol. The van der Waals surface area contributed by atoms with Gasteiger partial charge in [0.2, 0.25) is 0 Å². The molecule has 11 heavy (non-hydrogen) atoms. The summed E-state index contributed by atoms with van der Waals surface area (Å²) in [6.07, 6.45) is 7.19. The van der Waals surface area contributed by atoms with E-state index in [0.717, 1.165) is 19.6 Å². The Kier molecular flexibility index (Phi) is 2.24. The van der Waals surface area contributed by atoms with E-state index in [0.29, 0.717) is 0 Å². The topological polar surface area (TPSA) is 18.5 Å². The van der Waals surface area contributed by atoms with E-state index in [2.05, 4.69) is 6.08 Å². The molecule has 1 fully saturated rings. The second kappa shape index (κ2) is 3.37. The molecule has 1 heterocycles. The maximum atomic E-state index is 5.31. The molecule has 0 saturated carbocycles. The van der Waals surface area contributed by atoms with Crippen LogP contribution in [0.25, 0.3) is 0 Å². The molecule has 1 aliphatic heterocycles. The van der Waals surface area contributed by atoms with E-state index in [4.69, 9.17) is 9.47 Å². The summed E-state index contributed by atoms with van der Waals surface area (Å²) in [7, 11) is 0. The Morgan fingerprint density at radius 1 is 1.36 bits per heavy atom. The van der Waals surface area contributed by atoms with Crippen molar-refractivity contribution in [2.24, 2.45) is 0 Å². The van der Waals surface area contributed by atoms with Crippen molar-refractivity contribution in [3.05, 3.63) is 11.6 Å². The summed E-state index contributed by atoms with van der Waals surface area (Å²) in [6, 6.07) is 0. The Hall–Kier alpha value is -0.340. The van der Waals surface area contributed by atoms with Crippen LogP contribution in [0.2, 0.25) is 0 Å². The fourth-order valence-corrected chi connectivity index (χ4v) is 1.35. The highest BCUT2D eigenvalue weighted by Gasteiger charge is 2.15. The third-order valence-electron chi connectivity index (χ3n) is 2.12. The van der Waals surface area contributed by atoms with Crippen molar-refractivity contribution in [1.82, 2.24) is 0 Å². The van der Waals surface area contributed by atoms with E-state index in [1.807, 2.05) is 0 Å². The Morgan fingerprint density at radius 2 is 2.09 bits per heavy atom. The van der Waals surface area contributed by atoms with Crippen LogP contribution in [0.5, 0.6) is 0 Å². The predicted octanol–water partition coefficient (Wildman–Crippen LogP) is 1.86. The van der Waals surface area contributed by atoms with Gasteiger partial charge < -0.3 is 9.47 Å². The lowest BCUT2D eigenvalue weighted by molar-refractivity contribution is -0.0475.